The van der Waals surface area contributed by atoms with Crippen molar-refractivity contribution in [1.82, 2.24) is 9.80 Å². The molecule has 0 bridgehead atoms. The van der Waals surface area contributed by atoms with E-state index in [4.69, 9.17) is 5.73 Å². The fourth-order valence-electron chi connectivity index (χ4n) is 1.41. The van der Waals surface area contributed by atoms with Crippen molar-refractivity contribution < 1.29 is 4.79 Å². The summed E-state index contributed by atoms with van der Waals surface area (Å²) in [4.78, 5) is 15.8. The van der Waals surface area contributed by atoms with Gasteiger partial charge in [-0.25, -0.2) is 0 Å². The molecule has 0 aliphatic heterocycles. The highest BCUT2D eigenvalue weighted by molar-refractivity contribution is 5.78. The van der Waals surface area contributed by atoms with Crippen LogP contribution in [-0.4, -0.2) is 55.0 Å². The zero-order valence-electron chi connectivity index (χ0n) is 11.4. The van der Waals surface area contributed by atoms with E-state index in [0.29, 0.717) is 19.0 Å². The van der Waals surface area contributed by atoms with Gasteiger partial charge in [0.25, 0.3) is 0 Å². The average molecular weight is 229 g/mol. The zero-order valence-corrected chi connectivity index (χ0v) is 11.4. The van der Waals surface area contributed by atoms with E-state index in [1.807, 2.05) is 20.9 Å². The van der Waals surface area contributed by atoms with Crippen LogP contribution in [-0.2, 0) is 4.79 Å². The molecule has 0 spiro atoms. The maximum Gasteiger partial charge on any atom is 0.236 e. The second-order valence-corrected chi connectivity index (χ2v) is 4.77. The summed E-state index contributed by atoms with van der Waals surface area (Å²) in [6, 6.07) is 0.262. The lowest BCUT2D eigenvalue weighted by Crippen LogP contribution is -2.43. The number of carbonyl (C=O) groups is 1. The largest absolute Gasteiger partial charge is 0.342 e. The first kappa shape index (κ1) is 15.4. The quantitative estimate of drug-likeness (QED) is 0.701. The predicted molar refractivity (Wildman–Crippen MR) is 68.2 cm³/mol. The van der Waals surface area contributed by atoms with E-state index < -0.39 is 0 Å². The average Bonchev–Trinajstić information content (AvgIpc) is 2.26. The first-order valence-electron chi connectivity index (χ1n) is 6.10. The molecule has 0 radical (unpaired) electrons. The van der Waals surface area contributed by atoms with Crippen LogP contribution in [0.25, 0.3) is 0 Å². The second-order valence-electron chi connectivity index (χ2n) is 4.77. The van der Waals surface area contributed by atoms with E-state index >= 15 is 0 Å². The fourth-order valence-corrected chi connectivity index (χ4v) is 1.41. The predicted octanol–water partition coefficient (Wildman–Crippen LogP) is 0.770. The maximum atomic E-state index is 11.9. The minimum atomic E-state index is 0.182. The van der Waals surface area contributed by atoms with Crippen molar-refractivity contribution in [1.29, 1.82) is 0 Å². The van der Waals surface area contributed by atoms with Gasteiger partial charge in [-0.3, -0.25) is 9.69 Å². The number of hydrogen-bond acceptors (Lipinski definition) is 3. The number of nitrogens with zero attached hydrogens (tertiary/aromatic N) is 2. The highest BCUT2D eigenvalue weighted by Gasteiger charge is 2.16. The third-order valence-corrected chi connectivity index (χ3v) is 2.95. The topological polar surface area (TPSA) is 49.6 Å². The third-order valence-electron chi connectivity index (χ3n) is 2.95. The van der Waals surface area contributed by atoms with Gasteiger partial charge in [0.1, 0.15) is 0 Å². The molecule has 1 unspecified atom stereocenters. The SMILES string of the molecule is CCN(CC(=O)N(C)C(C)C)CC(C)CN. The number of carbonyl (C=O) groups excluding carboxylic acids is 1. The van der Waals surface area contributed by atoms with Gasteiger partial charge in [-0.1, -0.05) is 13.8 Å². The molecule has 0 aliphatic rings. The summed E-state index contributed by atoms with van der Waals surface area (Å²) in [6.07, 6.45) is 0. The second kappa shape index (κ2) is 7.63. The van der Waals surface area contributed by atoms with Crippen molar-refractivity contribution in [3.8, 4) is 0 Å². The van der Waals surface area contributed by atoms with Crippen molar-refractivity contribution in [2.75, 3.05) is 33.2 Å². The minimum Gasteiger partial charge on any atom is -0.342 e. The van der Waals surface area contributed by atoms with Crippen LogP contribution in [0.1, 0.15) is 27.7 Å². The van der Waals surface area contributed by atoms with Crippen LogP contribution in [0.3, 0.4) is 0 Å². The minimum absolute atomic E-state index is 0.182. The van der Waals surface area contributed by atoms with Crippen LogP contribution in [0.5, 0.6) is 0 Å². The third kappa shape index (κ3) is 5.47. The highest BCUT2D eigenvalue weighted by Crippen LogP contribution is 2.01. The lowest BCUT2D eigenvalue weighted by molar-refractivity contribution is -0.132. The Hall–Kier alpha value is -0.610. The molecular weight excluding hydrogens is 202 g/mol. The molecule has 4 heteroatoms. The Balaban J connectivity index is 4.16. The Kier molecular flexibility index (Phi) is 7.34. The summed E-state index contributed by atoms with van der Waals surface area (Å²) in [5, 5.41) is 0. The molecule has 4 nitrogen and oxygen atoms in total. The summed E-state index contributed by atoms with van der Waals surface area (Å²) in [7, 11) is 1.85. The van der Waals surface area contributed by atoms with Gasteiger partial charge in [0.05, 0.1) is 6.54 Å². The van der Waals surface area contributed by atoms with Gasteiger partial charge in [-0.2, -0.15) is 0 Å². The van der Waals surface area contributed by atoms with Crippen molar-refractivity contribution >= 4 is 5.91 Å². The van der Waals surface area contributed by atoms with E-state index in [-0.39, 0.29) is 11.9 Å². The zero-order chi connectivity index (χ0) is 12.7. The molecule has 0 rings (SSSR count). The molecule has 0 aromatic carbocycles. The first-order valence-corrected chi connectivity index (χ1v) is 6.10. The Morgan fingerprint density at radius 2 is 1.88 bits per heavy atom. The van der Waals surface area contributed by atoms with Gasteiger partial charge >= 0.3 is 0 Å². The smallest absolute Gasteiger partial charge is 0.236 e. The molecule has 1 atom stereocenters. The van der Waals surface area contributed by atoms with Crippen molar-refractivity contribution in [2.24, 2.45) is 11.7 Å². The van der Waals surface area contributed by atoms with E-state index in [0.717, 1.165) is 13.1 Å². The lowest BCUT2D eigenvalue weighted by atomic mass is 10.1. The summed E-state index contributed by atoms with van der Waals surface area (Å²) in [5.41, 5.74) is 5.59. The number of nitrogens with two attached hydrogens (primary N) is 1. The van der Waals surface area contributed by atoms with Gasteiger partial charge in [-0.15, -0.1) is 0 Å². The van der Waals surface area contributed by atoms with Gasteiger partial charge < -0.3 is 10.6 Å². The summed E-state index contributed by atoms with van der Waals surface area (Å²) in [5.74, 6) is 0.623. The summed E-state index contributed by atoms with van der Waals surface area (Å²) < 4.78 is 0. The standard InChI is InChI=1S/C12H27N3O/c1-6-15(8-11(4)7-13)9-12(16)14(5)10(2)3/h10-11H,6-9,13H2,1-5H3. The monoisotopic (exact) mass is 229 g/mol. The molecule has 0 aromatic rings. The number of likely N-dealkylation sites (N-methyl/N-ethyl adjacent to an activating group) is 2. The van der Waals surface area contributed by atoms with Gasteiger partial charge in [0.15, 0.2) is 0 Å². The van der Waals surface area contributed by atoms with Crippen LogP contribution < -0.4 is 5.73 Å². The molecule has 0 fully saturated rings. The Morgan fingerprint density at radius 3 is 2.25 bits per heavy atom. The van der Waals surface area contributed by atoms with Crippen molar-refractivity contribution in [3.05, 3.63) is 0 Å². The number of rotatable bonds is 7. The normalized spacial score (nSPS) is 13.2. The van der Waals surface area contributed by atoms with Crippen LogP contribution in [0.15, 0.2) is 0 Å². The maximum absolute atomic E-state index is 11.9. The van der Waals surface area contributed by atoms with Crippen LogP contribution in [0, 0.1) is 5.92 Å². The van der Waals surface area contributed by atoms with E-state index in [1.54, 1.807) is 4.90 Å². The highest BCUT2D eigenvalue weighted by atomic mass is 16.2. The Morgan fingerprint density at radius 1 is 1.31 bits per heavy atom. The van der Waals surface area contributed by atoms with Gasteiger partial charge in [0, 0.05) is 19.6 Å². The van der Waals surface area contributed by atoms with Gasteiger partial charge in [-0.05, 0) is 32.9 Å². The Bertz CT molecular complexity index is 206. The fraction of sp³-hybridized carbons (Fsp3) is 0.917. The van der Waals surface area contributed by atoms with Crippen LogP contribution >= 0.6 is 0 Å². The molecule has 0 saturated heterocycles. The number of hydrogen-bond donors (Lipinski definition) is 1. The van der Waals surface area contributed by atoms with Crippen LogP contribution in [0.4, 0.5) is 0 Å². The van der Waals surface area contributed by atoms with Crippen LogP contribution in [0.2, 0.25) is 0 Å². The van der Waals surface area contributed by atoms with E-state index in [9.17, 15) is 4.79 Å². The van der Waals surface area contributed by atoms with Crippen molar-refractivity contribution in [3.63, 3.8) is 0 Å². The molecule has 1 amide bonds. The van der Waals surface area contributed by atoms with E-state index in [1.165, 1.54) is 0 Å². The first-order chi connectivity index (χ1) is 7.42. The summed E-state index contributed by atoms with van der Waals surface area (Å²) >= 11 is 0. The molecule has 0 saturated carbocycles. The molecule has 0 aromatic heterocycles. The molecular formula is C12H27N3O. The molecule has 16 heavy (non-hydrogen) atoms. The van der Waals surface area contributed by atoms with Gasteiger partial charge in [0.2, 0.25) is 5.91 Å². The van der Waals surface area contributed by atoms with E-state index in [2.05, 4.69) is 18.7 Å². The molecule has 0 heterocycles. The molecule has 0 aliphatic carbocycles. The van der Waals surface area contributed by atoms with Crippen molar-refractivity contribution in [2.45, 2.75) is 33.7 Å². The Labute approximate surface area is 99.8 Å². The number of amides is 1. The molecule has 2 N–H and O–H groups in total. The summed E-state index contributed by atoms with van der Waals surface area (Å²) in [6.45, 7) is 11.2. The molecule has 96 valence electrons. The lowest BCUT2D eigenvalue weighted by Gasteiger charge is -2.27.